The van der Waals surface area contributed by atoms with Crippen molar-refractivity contribution in [2.75, 3.05) is 34.5 Å². The van der Waals surface area contributed by atoms with E-state index >= 15 is 0 Å². The molecule has 1 saturated heterocycles. The van der Waals surface area contributed by atoms with Crippen molar-refractivity contribution in [3.63, 3.8) is 0 Å². The Morgan fingerprint density at radius 2 is 1.73 bits per heavy atom. The molecule has 2 aliphatic rings. The highest BCUT2D eigenvalue weighted by atomic mass is 35.5. The number of thiophene rings is 1. The first kappa shape index (κ1) is 26.3. The van der Waals surface area contributed by atoms with Crippen LogP contribution in [0, 0.1) is 5.41 Å². The van der Waals surface area contributed by atoms with Gasteiger partial charge in [-0.25, -0.2) is 4.90 Å². The van der Waals surface area contributed by atoms with Crippen molar-refractivity contribution in [2.24, 2.45) is 0 Å². The molecule has 2 aromatic carbocycles. The Bertz CT molecular complexity index is 1510. The first-order chi connectivity index (χ1) is 17.4. The van der Waals surface area contributed by atoms with Gasteiger partial charge in [0.15, 0.2) is 0 Å². The summed E-state index contributed by atoms with van der Waals surface area (Å²) in [6.07, 6.45) is 0.715. The Labute approximate surface area is 220 Å². The Balaban J connectivity index is 0.000000586. The minimum Gasteiger partial charge on any atom is -0.463 e. The summed E-state index contributed by atoms with van der Waals surface area (Å²) in [6.45, 7) is 0.995. The number of benzene rings is 2. The molecule has 14 heteroatoms. The molecular weight excluding hydrogens is 544 g/mol. The van der Waals surface area contributed by atoms with E-state index in [4.69, 9.17) is 26.3 Å². The number of amides is 3. The first-order valence-electron chi connectivity index (χ1n) is 10.5. The Morgan fingerprint density at radius 1 is 1.08 bits per heavy atom. The SMILES string of the molecule is CS(=O)(=O)O.N=C1OCCN1c1ccc(N2C(=O)c3cccc(NC(=O)c4ccc(Cl)s4)c3C2=O)cc1. The minimum atomic E-state index is -3.67. The Hall–Kier alpha value is -3.78. The zero-order valence-electron chi connectivity index (χ0n) is 19.1. The lowest BCUT2D eigenvalue weighted by Crippen LogP contribution is -2.30. The van der Waals surface area contributed by atoms with Gasteiger partial charge in [-0.05, 0) is 48.5 Å². The summed E-state index contributed by atoms with van der Waals surface area (Å²) in [5.41, 5.74) is 1.75. The molecule has 1 fully saturated rings. The molecule has 1 aromatic heterocycles. The summed E-state index contributed by atoms with van der Waals surface area (Å²) in [7, 11) is -3.67. The van der Waals surface area contributed by atoms with Crippen LogP contribution in [-0.4, -0.2) is 56.1 Å². The standard InChI is InChI=1S/C22H15ClN4O4S.CH4O3S/c23-17-9-8-16(32-17)19(28)25-15-3-1-2-14-18(15)21(30)27(20(14)29)13-6-4-12(5-7-13)26-10-11-31-22(26)24;1-5(2,3)4/h1-9,24H,10-11H2,(H,25,28);1H3,(H,2,3,4). The number of carbonyl (C=O) groups is 3. The molecule has 5 rings (SSSR count). The lowest BCUT2D eigenvalue weighted by atomic mass is 10.1. The van der Waals surface area contributed by atoms with E-state index in [2.05, 4.69) is 5.32 Å². The van der Waals surface area contributed by atoms with Crippen LogP contribution in [0.15, 0.2) is 54.6 Å². The number of amidine groups is 1. The zero-order chi connectivity index (χ0) is 26.9. The van der Waals surface area contributed by atoms with Gasteiger partial charge >= 0.3 is 0 Å². The number of rotatable bonds is 4. The fraction of sp³-hybridized carbons (Fsp3) is 0.130. The monoisotopic (exact) mass is 562 g/mol. The summed E-state index contributed by atoms with van der Waals surface area (Å²) >= 11 is 7.02. The van der Waals surface area contributed by atoms with E-state index in [0.29, 0.717) is 34.3 Å². The lowest BCUT2D eigenvalue weighted by molar-refractivity contribution is 0.0926. The van der Waals surface area contributed by atoms with Gasteiger partial charge in [-0.15, -0.1) is 11.3 Å². The van der Waals surface area contributed by atoms with Crippen molar-refractivity contribution in [1.82, 2.24) is 0 Å². The molecule has 3 aromatic rings. The molecule has 0 saturated carbocycles. The van der Waals surface area contributed by atoms with E-state index in [0.717, 1.165) is 21.9 Å². The van der Waals surface area contributed by atoms with E-state index in [-0.39, 0.29) is 22.8 Å². The summed E-state index contributed by atoms with van der Waals surface area (Å²) in [6, 6.07) is 14.8. The van der Waals surface area contributed by atoms with Crippen LogP contribution in [0.25, 0.3) is 0 Å². The number of nitrogens with one attached hydrogen (secondary N) is 2. The number of hydrogen-bond acceptors (Lipinski definition) is 8. The van der Waals surface area contributed by atoms with Crippen LogP contribution >= 0.6 is 22.9 Å². The maximum atomic E-state index is 13.2. The summed E-state index contributed by atoms with van der Waals surface area (Å²) in [5.74, 6) is -1.39. The molecule has 192 valence electrons. The average Bonchev–Trinajstić information content (AvgIpc) is 3.52. The highest BCUT2D eigenvalue weighted by Crippen LogP contribution is 2.34. The fourth-order valence-electron chi connectivity index (χ4n) is 3.69. The van der Waals surface area contributed by atoms with Crippen molar-refractivity contribution >= 4 is 73.9 Å². The van der Waals surface area contributed by atoms with Crippen molar-refractivity contribution in [2.45, 2.75) is 0 Å². The number of anilines is 3. The van der Waals surface area contributed by atoms with Gasteiger partial charge in [-0.1, -0.05) is 17.7 Å². The van der Waals surface area contributed by atoms with Crippen LogP contribution in [0.1, 0.15) is 30.4 Å². The van der Waals surface area contributed by atoms with Crippen LogP contribution in [0.3, 0.4) is 0 Å². The summed E-state index contributed by atoms with van der Waals surface area (Å²) < 4.78 is 31.5. The predicted molar refractivity (Wildman–Crippen MR) is 140 cm³/mol. The van der Waals surface area contributed by atoms with Gasteiger partial charge in [-0.3, -0.25) is 29.2 Å². The molecule has 3 heterocycles. The third kappa shape index (κ3) is 5.80. The van der Waals surface area contributed by atoms with Crippen LogP contribution < -0.4 is 15.1 Å². The second kappa shape index (κ2) is 10.3. The highest BCUT2D eigenvalue weighted by molar-refractivity contribution is 7.85. The van der Waals surface area contributed by atoms with Gasteiger partial charge in [0.2, 0.25) is 0 Å². The number of nitrogens with zero attached hydrogens (tertiary/aromatic N) is 2. The van der Waals surface area contributed by atoms with E-state index in [1.54, 1.807) is 59.5 Å². The van der Waals surface area contributed by atoms with Crippen LogP contribution in [0.4, 0.5) is 17.1 Å². The molecule has 0 unspecified atom stereocenters. The molecule has 0 bridgehead atoms. The number of halogens is 1. The molecule has 0 atom stereocenters. The first-order valence-corrected chi connectivity index (χ1v) is 13.6. The molecule has 3 amide bonds. The van der Waals surface area contributed by atoms with Gasteiger partial charge in [0.25, 0.3) is 33.9 Å². The molecule has 3 N–H and O–H groups in total. The largest absolute Gasteiger partial charge is 0.463 e. The van der Waals surface area contributed by atoms with Gasteiger partial charge in [0.1, 0.15) is 6.61 Å². The highest BCUT2D eigenvalue weighted by Gasteiger charge is 2.39. The van der Waals surface area contributed by atoms with Crippen LogP contribution in [0.2, 0.25) is 4.34 Å². The van der Waals surface area contributed by atoms with Crippen molar-refractivity contribution in [3.05, 3.63) is 74.9 Å². The Morgan fingerprint density at radius 3 is 2.30 bits per heavy atom. The van der Waals surface area contributed by atoms with Crippen LogP contribution in [-0.2, 0) is 14.9 Å². The second-order valence-corrected chi connectivity index (χ2v) is 11.0. The lowest BCUT2D eigenvalue weighted by Gasteiger charge is -2.18. The zero-order valence-corrected chi connectivity index (χ0v) is 21.5. The Kier molecular flexibility index (Phi) is 7.32. The van der Waals surface area contributed by atoms with E-state index in [9.17, 15) is 22.8 Å². The van der Waals surface area contributed by atoms with Gasteiger partial charge in [0, 0.05) is 5.69 Å². The summed E-state index contributed by atoms with van der Waals surface area (Å²) in [4.78, 5) is 42.0. The molecule has 11 nitrogen and oxygen atoms in total. The maximum Gasteiger partial charge on any atom is 0.289 e. The second-order valence-electron chi connectivity index (χ2n) is 7.79. The predicted octanol–water partition coefficient (Wildman–Crippen LogP) is 3.73. The van der Waals surface area contributed by atoms with Gasteiger partial charge in [0.05, 0.1) is 44.5 Å². The van der Waals surface area contributed by atoms with Crippen molar-refractivity contribution < 1.29 is 32.1 Å². The summed E-state index contributed by atoms with van der Waals surface area (Å²) in [5, 5.41) is 10.5. The quantitative estimate of drug-likeness (QED) is 0.320. The molecule has 37 heavy (non-hydrogen) atoms. The van der Waals surface area contributed by atoms with E-state index < -0.39 is 27.8 Å². The molecule has 2 aliphatic heterocycles. The normalized spacial score (nSPS) is 14.7. The van der Waals surface area contributed by atoms with Crippen molar-refractivity contribution in [3.8, 4) is 0 Å². The third-order valence-corrected chi connectivity index (χ3v) is 6.41. The number of ether oxygens (including phenoxy) is 1. The smallest absolute Gasteiger partial charge is 0.289 e. The fourth-order valence-corrected chi connectivity index (χ4v) is 4.62. The molecular formula is C23H19ClN4O7S2. The maximum absolute atomic E-state index is 13.2. The van der Waals surface area contributed by atoms with Crippen molar-refractivity contribution in [1.29, 1.82) is 5.41 Å². The molecule has 0 aliphatic carbocycles. The van der Waals surface area contributed by atoms with Gasteiger partial charge < -0.3 is 10.1 Å². The topological polar surface area (TPSA) is 157 Å². The number of hydrogen-bond donors (Lipinski definition) is 3. The number of imide groups is 1. The van der Waals surface area contributed by atoms with E-state index in [1.165, 1.54) is 0 Å². The molecule has 0 spiro atoms. The average molecular weight is 563 g/mol. The number of carbonyl (C=O) groups excluding carboxylic acids is 3. The minimum absolute atomic E-state index is 0.0610. The number of fused-ring (bicyclic) bond motifs is 1. The van der Waals surface area contributed by atoms with Crippen LogP contribution in [0.5, 0.6) is 0 Å². The third-order valence-electron chi connectivity index (χ3n) is 5.18. The molecule has 0 radical (unpaired) electrons. The van der Waals surface area contributed by atoms with E-state index in [1.807, 2.05) is 0 Å². The van der Waals surface area contributed by atoms with Gasteiger partial charge in [-0.2, -0.15) is 8.42 Å².